The molecule has 0 saturated heterocycles. The summed E-state index contributed by atoms with van der Waals surface area (Å²) in [6, 6.07) is 3.67. The molecule has 1 rings (SSSR count). The maximum Gasteiger partial charge on any atom is 0.321 e. The van der Waals surface area contributed by atoms with Crippen molar-refractivity contribution in [3.8, 4) is 11.5 Å². The first-order valence-electron chi connectivity index (χ1n) is 13.3. The minimum Gasteiger partial charge on any atom is -0.480 e. The van der Waals surface area contributed by atoms with E-state index in [-0.39, 0.29) is 36.4 Å². The average molecular weight is 536 g/mol. The topological polar surface area (TPSA) is 128 Å². The lowest BCUT2D eigenvalue weighted by molar-refractivity contribution is -0.152. The van der Waals surface area contributed by atoms with Gasteiger partial charge in [-0.3, -0.25) is 19.2 Å². The smallest absolute Gasteiger partial charge is 0.321 e. The second-order valence-electron chi connectivity index (χ2n) is 11.1. The molecule has 9 heteroatoms. The van der Waals surface area contributed by atoms with E-state index in [1.807, 2.05) is 20.8 Å². The van der Waals surface area contributed by atoms with Gasteiger partial charge in [-0.15, -0.1) is 0 Å². The number of nitrogens with one attached hydrogen (secondary N) is 1. The fourth-order valence-electron chi connectivity index (χ4n) is 2.92. The average Bonchev–Trinajstić information content (AvgIpc) is 2.86. The summed E-state index contributed by atoms with van der Waals surface area (Å²) < 4.78 is 16.6. The number of rotatable bonds is 15. The van der Waals surface area contributed by atoms with Gasteiger partial charge in [0.2, 0.25) is 0 Å². The van der Waals surface area contributed by atoms with Crippen LogP contribution in [-0.4, -0.2) is 47.7 Å². The third-order valence-corrected chi connectivity index (χ3v) is 7.01. The molecule has 0 aliphatic rings. The Hall–Kier alpha value is -2.94. The Morgan fingerprint density at radius 3 is 1.89 bits per heavy atom. The predicted molar refractivity (Wildman–Crippen MR) is 144 cm³/mol. The zero-order valence-corrected chi connectivity index (χ0v) is 24.3. The Bertz CT molecular complexity index is 985. The van der Waals surface area contributed by atoms with Gasteiger partial charge in [-0.2, -0.15) is 0 Å². The van der Waals surface area contributed by atoms with Gasteiger partial charge < -0.3 is 24.6 Å². The normalized spacial score (nSPS) is 14.2. The molecule has 214 valence electrons. The van der Waals surface area contributed by atoms with Crippen LogP contribution in [0.5, 0.6) is 11.5 Å². The first-order valence-corrected chi connectivity index (χ1v) is 13.3. The Labute approximate surface area is 226 Å². The first-order chi connectivity index (χ1) is 17.6. The number of hydrogen-bond donors (Lipinski definition) is 2. The Balaban J connectivity index is 3.16. The highest BCUT2D eigenvalue weighted by molar-refractivity contribution is 5.81. The number of ether oxygens (including phenoxy) is 3. The molecule has 0 amide bonds. The highest BCUT2D eigenvalue weighted by Gasteiger charge is 2.32. The molecule has 3 atom stereocenters. The van der Waals surface area contributed by atoms with E-state index in [0.29, 0.717) is 24.8 Å². The summed E-state index contributed by atoms with van der Waals surface area (Å²) in [6.45, 7) is 16.3. The zero-order chi connectivity index (χ0) is 29.3. The van der Waals surface area contributed by atoms with Crippen molar-refractivity contribution < 1.29 is 38.5 Å². The van der Waals surface area contributed by atoms with E-state index in [1.54, 1.807) is 47.6 Å². The van der Waals surface area contributed by atoms with Gasteiger partial charge in [0.15, 0.2) is 11.5 Å². The van der Waals surface area contributed by atoms with E-state index in [0.717, 1.165) is 0 Å². The van der Waals surface area contributed by atoms with Crippen LogP contribution in [-0.2, 0) is 30.3 Å². The van der Waals surface area contributed by atoms with Crippen LogP contribution in [0.2, 0.25) is 0 Å². The van der Waals surface area contributed by atoms with Gasteiger partial charge in [-0.25, -0.2) is 0 Å². The van der Waals surface area contributed by atoms with Crippen molar-refractivity contribution in [3.63, 3.8) is 0 Å². The standard InChI is InChI=1S/C29H45NO8/c1-10-18(4)25(33)36-19(5)17-30-21(24(31)32)15-20-13-14-22(37-26(34)28(6,7)11-2)23(16-20)38-27(35)29(8,9)12-3/h13-14,16,18-19,21,30H,10-12,15,17H2,1-9H3,(H,31,32)/t18?,19?,21-/m0/s1. The van der Waals surface area contributed by atoms with Crippen molar-refractivity contribution in [1.29, 1.82) is 0 Å². The van der Waals surface area contributed by atoms with E-state index in [1.165, 1.54) is 12.1 Å². The van der Waals surface area contributed by atoms with Crippen molar-refractivity contribution in [2.45, 2.75) is 100 Å². The molecule has 9 nitrogen and oxygen atoms in total. The summed E-state index contributed by atoms with van der Waals surface area (Å²) in [5.74, 6) is -2.47. The molecule has 0 fully saturated rings. The minimum atomic E-state index is -1.09. The minimum absolute atomic E-state index is 0.0502. The number of carbonyl (C=O) groups excluding carboxylic acids is 3. The van der Waals surface area contributed by atoms with E-state index in [9.17, 15) is 24.3 Å². The molecule has 0 radical (unpaired) electrons. The van der Waals surface area contributed by atoms with Gasteiger partial charge in [0.1, 0.15) is 12.1 Å². The van der Waals surface area contributed by atoms with Gasteiger partial charge in [0.25, 0.3) is 0 Å². The molecule has 2 N–H and O–H groups in total. The molecule has 1 aromatic carbocycles. The largest absolute Gasteiger partial charge is 0.480 e. The molecule has 0 aliphatic heterocycles. The van der Waals surface area contributed by atoms with Crippen molar-refractivity contribution >= 4 is 23.9 Å². The lowest BCUT2D eigenvalue weighted by Gasteiger charge is -2.24. The summed E-state index contributed by atoms with van der Waals surface area (Å²) in [4.78, 5) is 49.5. The summed E-state index contributed by atoms with van der Waals surface area (Å²) in [7, 11) is 0. The second kappa shape index (κ2) is 14.3. The fraction of sp³-hybridized carbons (Fsp3) is 0.655. The van der Waals surface area contributed by atoms with E-state index >= 15 is 0 Å². The lowest BCUT2D eigenvalue weighted by Crippen LogP contribution is -2.43. The van der Waals surface area contributed by atoms with Crippen molar-refractivity contribution in [2.24, 2.45) is 16.7 Å². The zero-order valence-electron chi connectivity index (χ0n) is 24.3. The Kier molecular flexibility index (Phi) is 12.4. The molecule has 0 spiro atoms. The fourth-order valence-corrected chi connectivity index (χ4v) is 2.92. The second-order valence-corrected chi connectivity index (χ2v) is 11.1. The number of aliphatic carboxylic acids is 1. The number of esters is 3. The molecular formula is C29H45NO8. The molecule has 1 aromatic rings. The van der Waals surface area contributed by atoms with Crippen LogP contribution in [0.4, 0.5) is 0 Å². The van der Waals surface area contributed by atoms with Crippen molar-refractivity contribution in [3.05, 3.63) is 23.8 Å². The number of carboxylic acids is 1. The number of hydrogen-bond acceptors (Lipinski definition) is 8. The van der Waals surface area contributed by atoms with Crippen LogP contribution in [0.15, 0.2) is 18.2 Å². The third-order valence-electron chi connectivity index (χ3n) is 7.01. The molecule has 2 unspecified atom stereocenters. The van der Waals surface area contributed by atoms with Gasteiger partial charge in [-0.05, 0) is 78.0 Å². The predicted octanol–water partition coefficient (Wildman–Crippen LogP) is 4.93. The number of benzene rings is 1. The lowest BCUT2D eigenvalue weighted by atomic mass is 9.90. The molecule has 0 aliphatic carbocycles. The van der Waals surface area contributed by atoms with Crippen LogP contribution < -0.4 is 14.8 Å². The summed E-state index contributed by atoms with van der Waals surface area (Å²) in [6.07, 6.45) is 1.28. The van der Waals surface area contributed by atoms with E-state index < -0.39 is 40.9 Å². The highest BCUT2D eigenvalue weighted by atomic mass is 16.6. The molecule has 0 saturated carbocycles. The molecule has 0 aromatic heterocycles. The van der Waals surface area contributed by atoms with Gasteiger partial charge in [0.05, 0.1) is 16.7 Å². The van der Waals surface area contributed by atoms with Gasteiger partial charge in [0, 0.05) is 6.54 Å². The maximum absolute atomic E-state index is 12.8. The molecule has 0 heterocycles. The highest BCUT2D eigenvalue weighted by Crippen LogP contribution is 2.34. The third kappa shape index (κ3) is 9.74. The van der Waals surface area contributed by atoms with E-state index in [4.69, 9.17) is 14.2 Å². The quantitative estimate of drug-likeness (QED) is 0.237. The van der Waals surface area contributed by atoms with Crippen LogP contribution in [0.25, 0.3) is 0 Å². The van der Waals surface area contributed by atoms with Crippen LogP contribution >= 0.6 is 0 Å². The molecule has 0 bridgehead atoms. The van der Waals surface area contributed by atoms with Gasteiger partial charge >= 0.3 is 23.9 Å². The maximum atomic E-state index is 12.8. The molecular weight excluding hydrogens is 490 g/mol. The van der Waals surface area contributed by atoms with E-state index in [2.05, 4.69) is 5.32 Å². The first kappa shape index (κ1) is 33.1. The van der Waals surface area contributed by atoms with Crippen molar-refractivity contribution in [2.75, 3.05) is 6.54 Å². The van der Waals surface area contributed by atoms with Crippen LogP contribution in [0.3, 0.4) is 0 Å². The summed E-state index contributed by atoms with van der Waals surface area (Å²) in [5.41, 5.74) is -0.954. The number of carboxylic acid groups (broad SMARTS) is 1. The van der Waals surface area contributed by atoms with Crippen LogP contribution in [0.1, 0.15) is 87.1 Å². The Morgan fingerprint density at radius 2 is 1.42 bits per heavy atom. The number of carbonyl (C=O) groups is 4. The summed E-state index contributed by atoms with van der Waals surface area (Å²) >= 11 is 0. The monoisotopic (exact) mass is 535 g/mol. The Morgan fingerprint density at radius 1 is 0.895 bits per heavy atom. The van der Waals surface area contributed by atoms with Crippen LogP contribution in [0, 0.1) is 16.7 Å². The van der Waals surface area contributed by atoms with Crippen molar-refractivity contribution in [1.82, 2.24) is 5.32 Å². The van der Waals surface area contributed by atoms with Gasteiger partial charge in [-0.1, -0.05) is 33.8 Å². The summed E-state index contributed by atoms with van der Waals surface area (Å²) in [5, 5.41) is 12.7. The SMILES string of the molecule is CCC(C)C(=O)OC(C)CN[C@@H](Cc1ccc(OC(=O)C(C)(C)CC)c(OC(=O)C(C)(C)CC)c1)C(=O)O. The molecule has 38 heavy (non-hydrogen) atoms.